The van der Waals surface area contributed by atoms with Crippen LogP contribution in [0.2, 0.25) is 0 Å². The average molecular weight is 251 g/mol. The molecule has 17 heavy (non-hydrogen) atoms. The minimum Gasteiger partial charge on any atom is -0.496 e. The van der Waals surface area contributed by atoms with Crippen molar-refractivity contribution >= 4 is 11.8 Å². The van der Waals surface area contributed by atoms with Gasteiger partial charge in [-0.1, -0.05) is 0 Å². The monoisotopic (exact) mass is 251 g/mol. The van der Waals surface area contributed by atoms with Gasteiger partial charge in [-0.15, -0.1) is 11.8 Å². The number of methoxy groups -OCH3 is 2. The zero-order valence-electron chi connectivity index (χ0n) is 10.5. The lowest BCUT2D eigenvalue weighted by Gasteiger charge is -2.13. The summed E-state index contributed by atoms with van der Waals surface area (Å²) in [4.78, 5) is 1.17. The van der Waals surface area contributed by atoms with Crippen LogP contribution < -0.4 is 9.47 Å². The van der Waals surface area contributed by atoms with E-state index in [1.165, 1.54) is 23.5 Å². The van der Waals surface area contributed by atoms with Crippen LogP contribution in [-0.4, -0.2) is 20.0 Å². The SMILES string of the molecule is [CH2]Cc1cc(OC)c(SCC2CC2)cc1OC. The average Bonchev–Trinajstić information content (AvgIpc) is 3.19. The molecule has 93 valence electrons. The Hall–Kier alpha value is -0.830. The summed E-state index contributed by atoms with van der Waals surface area (Å²) in [5.41, 5.74) is 1.10. The molecule has 0 atom stereocenters. The number of benzene rings is 1. The van der Waals surface area contributed by atoms with Crippen molar-refractivity contribution in [1.82, 2.24) is 0 Å². The van der Waals surface area contributed by atoms with E-state index in [1.54, 1.807) is 14.2 Å². The van der Waals surface area contributed by atoms with Gasteiger partial charge >= 0.3 is 0 Å². The van der Waals surface area contributed by atoms with Crippen molar-refractivity contribution in [2.24, 2.45) is 5.92 Å². The van der Waals surface area contributed by atoms with Crippen LogP contribution in [0, 0.1) is 12.8 Å². The summed E-state index contributed by atoms with van der Waals surface area (Å²) in [5, 5.41) is 0. The Bertz CT molecular complexity index is 386. The van der Waals surface area contributed by atoms with Crippen molar-refractivity contribution in [2.75, 3.05) is 20.0 Å². The highest BCUT2D eigenvalue weighted by Gasteiger charge is 2.22. The van der Waals surface area contributed by atoms with Crippen LogP contribution in [0.5, 0.6) is 11.5 Å². The fraction of sp³-hybridized carbons (Fsp3) is 0.500. The second-order valence-electron chi connectivity index (χ2n) is 4.32. The van der Waals surface area contributed by atoms with Crippen LogP contribution in [-0.2, 0) is 6.42 Å². The molecule has 0 heterocycles. The largest absolute Gasteiger partial charge is 0.496 e. The maximum Gasteiger partial charge on any atom is 0.132 e. The van der Waals surface area contributed by atoms with E-state index < -0.39 is 0 Å². The van der Waals surface area contributed by atoms with E-state index in [1.807, 2.05) is 17.8 Å². The van der Waals surface area contributed by atoms with Crippen molar-refractivity contribution in [1.29, 1.82) is 0 Å². The fourth-order valence-electron chi connectivity index (χ4n) is 1.73. The molecular formula is C14H19O2S. The molecule has 1 fully saturated rings. The molecule has 1 saturated carbocycles. The third-order valence-corrected chi connectivity index (χ3v) is 4.28. The lowest BCUT2D eigenvalue weighted by atomic mass is 10.1. The topological polar surface area (TPSA) is 18.5 Å². The summed E-state index contributed by atoms with van der Waals surface area (Å²) in [6.07, 6.45) is 3.47. The molecule has 1 aliphatic rings. The molecule has 0 aliphatic heterocycles. The van der Waals surface area contributed by atoms with Gasteiger partial charge in [0.05, 0.1) is 19.1 Å². The molecule has 1 aromatic rings. The number of thioether (sulfide) groups is 1. The van der Waals surface area contributed by atoms with E-state index in [-0.39, 0.29) is 0 Å². The van der Waals surface area contributed by atoms with Crippen molar-refractivity contribution in [3.05, 3.63) is 24.6 Å². The molecule has 0 unspecified atom stereocenters. The van der Waals surface area contributed by atoms with Crippen molar-refractivity contribution < 1.29 is 9.47 Å². The van der Waals surface area contributed by atoms with Gasteiger partial charge in [-0.3, -0.25) is 0 Å². The summed E-state index contributed by atoms with van der Waals surface area (Å²) in [7, 11) is 3.42. The Morgan fingerprint density at radius 2 is 1.94 bits per heavy atom. The highest BCUT2D eigenvalue weighted by Crippen LogP contribution is 2.40. The van der Waals surface area contributed by atoms with Gasteiger partial charge in [0.15, 0.2) is 0 Å². The second-order valence-corrected chi connectivity index (χ2v) is 5.38. The van der Waals surface area contributed by atoms with Gasteiger partial charge in [0.1, 0.15) is 11.5 Å². The maximum absolute atomic E-state index is 5.44. The van der Waals surface area contributed by atoms with Crippen LogP contribution in [0.3, 0.4) is 0 Å². The Morgan fingerprint density at radius 3 is 2.47 bits per heavy atom. The highest BCUT2D eigenvalue weighted by molar-refractivity contribution is 7.99. The quantitative estimate of drug-likeness (QED) is 0.720. The minimum atomic E-state index is 0.715. The van der Waals surface area contributed by atoms with Crippen LogP contribution in [0.4, 0.5) is 0 Å². The molecule has 1 aromatic carbocycles. The summed E-state index contributed by atoms with van der Waals surface area (Å²) < 4.78 is 10.8. The number of hydrogen-bond acceptors (Lipinski definition) is 3. The van der Waals surface area contributed by atoms with Gasteiger partial charge in [-0.05, 0) is 49.8 Å². The van der Waals surface area contributed by atoms with Crippen LogP contribution in [0.1, 0.15) is 18.4 Å². The molecule has 0 aromatic heterocycles. The lowest BCUT2D eigenvalue weighted by molar-refractivity contribution is 0.391. The predicted molar refractivity (Wildman–Crippen MR) is 72.1 cm³/mol. The summed E-state index contributed by atoms with van der Waals surface area (Å²) in [5.74, 6) is 3.95. The van der Waals surface area contributed by atoms with Crippen molar-refractivity contribution in [2.45, 2.75) is 24.2 Å². The molecule has 2 nitrogen and oxygen atoms in total. The number of rotatable bonds is 6. The molecule has 3 heteroatoms. The zero-order chi connectivity index (χ0) is 12.3. The Kier molecular flexibility index (Phi) is 4.21. The Morgan fingerprint density at radius 1 is 1.24 bits per heavy atom. The van der Waals surface area contributed by atoms with E-state index in [9.17, 15) is 0 Å². The first-order valence-corrected chi connectivity index (χ1v) is 6.94. The van der Waals surface area contributed by atoms with E-state index in [4.69, 9.17) is 9.47 Å². The number of hydrogen-bond donors (Lipinski definition) is 0. The molecule has 1 aliphatic carbocycles. The van der Waals surface area contributed by atoms with Crippen molar-refractivity contribution in [3.63, 3.8) is 0 Å². The summed E-state index contributed by atoms with van der Waals surface area (Å²) >= 11 is 1.87. The molecule has 0 bridgehead atoms. The standard InChI is InChI=1S/C14H19O2S/c1-4-11-7-13(16-3)14(8-12(11)15-2)17-9-10-5-6-10/h7-8,10H,1,4-6,9H2,2-3H3. The first kappa shape index (κ1) is 12.6. The van der Waals surface area contributed by atoms with Crippen LogP contribution >= 0.6 is 11.8 Å². The van der Waals surface area contributed by atoms with Gasteiger partial charge in [0, 0.05) is 5.75 Å². The first-order chi connectivity index (χ1) is 8.28. The van der Waals surface area contributed by atoms with Gasteiger partial charge in [0.2, 0.25) is 0 Å². The van der Waals surface area contributed by atoms with E-state index in [0.717, 1.165) is 23.0 Å². The van der Waals surface area contributed by atoms with Crippen molar-refractivity contribution in [3.8, 4) is 11.5 Å². The summed E-state index contributed by atoms with van der Waals surface area (Å²) in [6, 6.07) is 4.12. The van der Waals surface area contributed by atoms with Gasteiger partial charge < -0.3 is 9.47 Å². The zero-order valence-corrected chi connectivity index (χ0v) is 11.3. The summed E-state index contributed by atoms with van der Waals surface area (Å²) in [6.45, 7) is 3.91. The molecular weight excluding hydrogens is 232 g/mol. The highest BCUT2D eigenvalue weighted by atomic mass is 32.2. The van der Waals surface area contributed by atoms with Gasteiger partial charge in [-0.25, -0.2) is 0 Å². The van der Waals surface area contributed by atoms with Crippen LogP contribution in [0.15, 0.2) is 17.0 Å². The molecule has 1 radical (unpaired) electrons. The molecule has 2 rings (SSSR count). The van der Waals surface area contributed by atoms with E-state index in [0.29, 0.717) is 6.42 Å². The third-order valence-electron chi connectivity index (χ3n) is 3.01. The maximum atomic E-state index is 5.44. The third kappa shape index (κ3) is 3.09. The molecule has 0 spiro atoms. The van der Waals surface area contributed by atoms with E-state index in [2.05, 4.69) is 13.0 Å². The first-order valence-electron chi connectivity index (χ1n) is 5.95. The molecule has 0 saturated heterocycles. The second kappa shape index (κ2) is 5.67. The normalized spacial score (nSPS) is 14.8. The van der Waals surface area contributed by atoms with E-state index >= 15 is 0 Å². The lowest BCUT2D eigenvalue weighted by Crippen LogP contribution is -1.95. The Balaban J connectivity index is 2.20. The minimum absolute atomic E-state index is 0.715. The molecule has 0 N–H and O–H groups in total. The fourth-order valence-corrected chi connectivity index (χ4v) is 2.96. The van der Waals surface area contributed by atoms with Gasteiger partial charge in [0.25, 0.3) is 0 Å². The molecule has 0 amide bonds. The predicted octanol–water partition coefficient (Wildman–Crippen LogP) is 3.58. The smallest absolute Gasteiger partial charge is 0.132 e. The van der Waals surface area contributed by atoms with Crippen LogP contribution in [0.25, 0.3) is 0 Å². The van der Waals surface area contributed by atoms with Gasteiger partial charge in [-0.2, -0.15) is 0 Å². The Labute approximate surface area is 108 Å². The number of ether oxygens (including phenoxy) is 2.